The molecule has 2 atom stereocenters. The van der Waals surface area contributed by atoms with Gasteiger partial charge >= 0.3 is 0 Å². The molecule has 2 aliphatic heterocycles. The van der Waals surface area contributed by atoms with Crippen molar-refractivity contribution in [2.24, 2.45) is 5.92 Å². The molecule has 2 unspecified atom stereocenters. The van der Waals surface area contributed by atoms with E-state index in [0.717, 1.165) is 37.6 Å². The average Bonchev–Trinajstić information content (AvgIpc) is 2.94. The number of hydrogen-bond acceptors (Lipinski definition) is 4. The lowest BCUT2D eigenvalue weighted by Crippen LogP contribution is -2.26. The van der Waals surface area contributed by atoms with Gasteiger partial charge in [-0.3, -0.25) is 4.90 Å². The number of aliphatic hydroxyl groups is 1. The Labute approximate surface area is 101 Å². The largest absolute Gasteiger partial charge is 0.396 e. The standard InChI is InChI=1S/C12H20N4O/c1-15-5-2-3-10(15)12-14-13-11-7-9(8-17)4-6-16(11)12/h9-10,17H,2-8H2,1H3. The van der Waals surface area contributed by atoms with Crippen LogP contribution in [0.5, 0.6) is 0 Å². The molecule has 1 fully saturated rings. The third-order valence-electron chi connectivity index (χ3n) is 4.16. The van der Waals surface area contributed by atoms with E-state index in [1.54, 1.807) is 0 Å². The van der Waals surface area contributed by atoms with Crippen LogP contribution in [0, 0.1) is 5.92 Å². The Morgan fingerprint density at radius 3 is 2.88 bits per heavy atom. The first-order chi connectivity index (χ1) is 8.29. The zero-order valence-corrected chi connectivity index (χ0v) is 10.3. The van der Waals surface area contributed by atoms with Gasteiger partial charge in [0, 0.05) is 19.6 Å². The van der Waals surface area contributed by atoms with Gasteiger partial charge in [0.2, 0.25) is 0 Å². The summed E-state index contributed by atoms with van der Waals surface area (Å²) in [5.41, 5.74) is 0. The number of fused-ring (bicyclic) bond motifs is 1. The van der Waals surface area contributed by atoms with E-state index in [1.807, 2.05) is 0 Å². The topological polar surface area (TPSA) is 54.2 Å². The van der Waals surface area contributed by atoms with Crippen LogP contribution in [0.4, 0.5) is 0 Å². The van der Waals surface area contributed by atoms with Crippen LogP contribution in [-0.2, 0) is 13.0 Å². The van der Waals surface area contributed by atoms with E-state index in [9.17, 15) is 5.11 Å². The molecule has 0 bridgehead atoms. The zero-order chi connectivity index (χ0) is 11.8. The normalized spacial score (nSPS) is 29.5. The Bertz CT molecular complexity index is 403. The van der Waals surface area contributed by atoms with Gasteiger partial charge in [0.15, 0.2) is 0 Å². The fourth-order valence-electron chi connectivity index (χ4n) is 3.05. The molecule has 1 N–H and O–H groups in total. The molecule has 0 amide bonds. The van der Waals surface area contributed by atoms with E-state index in [1.165, 1.54) is 12.8 Å². The highest BCUT2D eigenvalue weighted by Gasteiger charge is 2.30. The Kier molecular flexibility index (Phi) is 2.88. The van der Waals surface area contributed by atoms with E-state index < -0.39 is 0 Å². The van der Waals surface area contributed by atoms with Gasteiger partial charge in [-0.2, -0.15) is 0 Å². The lowest BCUT2D eigenvalue weighted by atomic mass is 9.98. The van der Waals surface area contributed by atoms with E-state index in [-0.39, 0.29) is 6.61 Å². The molecular formula is C12H20N4O. The molecule has 2 aliphatic rings. The quantitative estimate of drug-likeness (QED) is 0.817. The Morgan fingerprint density at radius 1 is 1.29 bits per heavy atom. The summed E-state index contributed by atoms with van der Waals surface area (Å²) in [6.07, 6.45) is 4.37. The summed E-state index contributed by atoms with van der Waals surface area (Å²) in [7, 11) is 2.17. The Hall–Kier alpha value is -0.940. The number of hydrogen-bond donors (Lipinski definition) is 1. The summed E-state index contributed by atoms with van der Waals surface area (Å²) in [4.78, 5) is 2.37. The van der Waals surface area contributed by atoms with Crippen LogP contribution < -0.4 is 0 Å². The maximum Gasteiger partial charge on any atom is 0.150 e. The summed E-state index contributed by atoms with van der Waals surface area (Å²) in [5, 5.41) is 17.9. The molecule has 1 aromatic rings. The van der Waals surface area contributed by atoms with Gasteiger partial charge in [-0.05, 0) is 38.8 Å². The fourth-order valence-corrected chi connectivity index (χ4v) is 3.05. The van der Waals surface area contributed by atoms with Crippen LogP contribution in [0.3, 0.4) is 0 Å². The van der Waals surface area contributed by atoms with Gasteiger partial charge in [-0.15, -0.1) is 10.2 Å². The highest BCUT2D eigenvalue weighted by molar-refractivity contribution is 5.06. The van der Waals surface area contributed by atoms with Crippen LogP contribution in [0.2, 0.25) is 0 Å². The maximum absolute atomic E-state index is 9.21. The van der Waals surface area contributed by atoms with Crippen molar-refractivity contribution in [1.29, 1.82) is 0 Å². The second-order valence-electron chi connectivity index (χ2n) is 5.31. The first-order valence-corrected chi connectivity index (χ1v) is 6.52. The monoisotopic (exact) mass is 236 g/mol. The van der Waals surface area contributed by atoms with Gasteiger partial charge in [-0.25, -0.2) is 0 Å². The molecule has 5 heteroatoms. The number of nitrogens with zero attached hydrogens (tertiary/aromatic N) is 4. The highest BCUT2D eigenvalue weighted by Crippen LogP contribution is 2.31. The molecule has 0 radical (unpaired) electrons. The van der Waals surface area contributed by atoms with Gasteiger partial charge in [-0.1, -0.05) is 0 Å². The number of aliphatic hydroxyl groups excluding tert-OH is 1. The molecule has 3 rings (SSSR count). The molecule has 5 nitrogen and oxygen atoms in total. The number of likely N-dealkylation sites (tertiary alicyclic amines) is 1. The minimum absolute atomic E-state index is 0.269. The van der Waals surface area contributed by atoms with Gasteiger partial charge in [0.05, 0.1) is 6.04 Å². The molecule has 0 spiro atoms. The smallest absolute Gasteiger partial charge is 0.150 e. The van der Waals surface area contributed by atoms with Crippen molar-refractivity contribution in [3.63, 3.8) is 0 Å². The summed E-state index contributed by atoms with van der Waals surface area (Å²) < 4.78 is 2.28. The van der Waals surface area contributed by atoms with Crippen LogP contribution in [-0.4, -0.2) is 45.0 Å². The van der Waals surface area contributed by atoms with Crippen molar-refractivity contribution < 1.29 is 5.11 Å². The van der Waals surface area contributed by atoms with Crippen molar-refractivity contribution in [1.82, 2.24) is 19.7 Å². The SMILES string of the molecule is CN1CCCC1c1nnc2n1CCC(CO)C2. The average molecular weight is 236 g/mol. The predicted molar refractivity (Wildman–Crippen MR) is 63.5 cm³/mol. The summed E-state index contributed by atoms with van der Waals surface area (Å²) in [5.74, 6) is 2.57. The van der Waals surface area contributed by atoms with Crippen LogP contribution in [0.1, 0.15) is 37.0 Å². The van der Waals surface area contributed by atoms with Gasteiger partial charge in [0.1, 0.15) is 11.6 Å². The third-order valence-corrected chi connectivity index (χ3v) is 4.16. The molecule has 3 heterocycles. The maximum atomic E-state index is 9.21. The molecule has 94 valence electrons. The molecule has 0 aromatic carbocycles. The van der Waals surface area contributed by atoms with E-state index in [0.29, 0.717) is 12.0 Å². The second kappa shape index (κ2) is 4.38. The minimum atomic E-state index is 0.269. The van der Waals surface area contributed by atoms with Gasteiger partial charge in [0.25, 0.3) is 0 Å². The Morgan fingerprint density at radius 2 is 2.18 bits per heavy atom. The zero-order valence-electron chi connectivity index (χ0n) is 10.3. The molecule has 1 aromatic heterocycles. The van der Waals surface area contributed by atoms with Gasteiger partial charge < -0.3 is 9.67 Å². The molecule has 1 saturated heterocycles. The Balaban J connectivity index is 1.86. The summed E-state index contributed by atoms with van der Waals surface area (Å²) in [6, 6.07) is 0.446. The van der Waals surface area contributed by atoms with Crippen molar-refractivity contribution in [2.45, 2.75) is 38.3 Å². The van der Waals surface area contributed by atoms with Crippen LogP contribution in [0.15, 0.2) is 0 Å². The highest BCUT2D eigenvalue weighted by atomic mass is 16.3. The molecule has 17 heavy (non-hydrogen) atoms. The number of rotatable bonds is 2. The van der Waals surface area contributed by atoms with Crippen molar-refractivity contribution in [3.8, 4) is 0 Å². The molecule has 0 aliphatic carbocycles. The van der Waals surface area contributed by atoms with Crippen molar-refractivity contribution in [3.05, 3.63) is 11.6 Å². The molecular weight excluding hydrogens is 216 g/mol. The lowest BCUT2D eigenvalue weighted by molar-refractivity contribution is 0.196. The van der Waals surface area contributed by atoms with Crippen LogP contribution >= 0.6 is 0 Å². The fraction of sp³-hybridized carbons (Fsp3) is 0.833. The van der Waals surface area contributed by atoms with Crippen molar-refractivity contribution in [2.75, 3.05) is 20.2 Å². The third kappa shape index (κ3) is 1.87. The summed E-state index contributed by atoms with van der Waals surface area (Å²) in [6.45, 7) is 2.39. The molecule has 0 saturated carbocycles. The number of aromatic nitrogens is 3. The lowest BCUT2D eigenvalue weighted by Gasteiger charge is -2.25. The van der Waals surface area contributed by atoms with Crippen molar-refractivity contribution >= 4 is 0 Å². The van der Waals surface area contributed by atoms with Crippen LogP contribution in [0.25, 0.3) is 0 Å². The van der Waals surface area contributed by atoms with E-state index in [2.05, 4.69) is 26.7 Å². The van der Waals surface area contributed by atoms with E-state index >= 15 is 0 Å². The minimum Gasteiger partial charge on any atom is -0.396 e. The summed E-state index contributed by atoms with van der Waals surface area (Å²) >= 11 is 0. The first-order valence-electron chi connectivity index (χ1n) is 6.52. The predicted octanol–water partition coefficient (Wildman–Crippen LogP) is 0.599. The van der Waals surface area contributed by atoms with E-state index in [4.69, 9.17) is 0 Å². The first kappa shape index (κ1) is 11.2. The second-order valence-corrected chi connectivity index (χ2v) is 5.31.